The molecule has 1 aliphatic rings. The lowest BCUT2D eigenvalue weighted by molar-refractivity contribution is -0.137. The van der Waals surface area contributed by atoms with Crippen molar-refractivity contribution in [1.82, 2.24) is 4.90 Å². The average Bonchev–Trinajstić information content (AvgIpc) is 2.72. The number of benzene rings is 2. The topological polar surface area (TPSA) is 70.1 Å². The van der Waals surface area contributed by atoms with Gasteiger partial charge in [-0.3, -0.25) is 14.5 Å². The molecule has 2 aromatic carbocycles. The minimum atomic E-state index is -0.810. The number of carbonyl (C=O) groups is 2. The maximum absolute atomic E-state index is 12.6. The highest BCUT2D eigenvalue weighted by Gasteiger charge is 2.23. The van der Waals surface area contributed by atoms with Crippen LogP contribution in [0.15, 0.2) is 48.5 Å². The maximum atomic E-state index is 12.6. The molecular formula is C20H21Cl3N2O4. The third-order valence-electron chi connectivity index (χ3n) is 4.56. The summed E-state index contributed by atoms with van der Waals surface area (Å²) < 4.78 is 6.81. The standard InChI is InChI=1S/C20H20Cl2N2O4.ClH/c21-16-3-1-2-4-17(16)24(22)20(27)15-7-5-14(6-8-15)18-13-23(11-12-28-18)10-9-19(25)26;/h1-8,18H,9-13H2,(H,25,26);1H. The Morgan fingerprint density at radius 2 is 1.86 bits per heavy atom. The van der Waals surface area contributed by atoms with Crippen molar-refractivity contribution in [2.75, 3.05) is 30.7 Å². The van der Waals surface area contributed by atoms with E-state index >= 15 is 0 Å². The van der Waals surface area contributed by atoms with Crippen LogP contribution in [0.4, 0.5) is 5.69 Å². The van der Waals surface area contributed by atoms with Crippen LogP contribution < -0.4 is 4.42 Å². The number of hydrogen-bond donors (Lipinski definition) is 1. The van der Waals surface area contributed by atoms with E-state index in [4.69, 9.17) is 33.2 Å². The van der Waals surface area contributed by atoms with Crippen molar-refractivity contribution in [3.05, 3.63) is 64.7 Å². The summed E-state index contributed by atoms with van der Waals surface area (Å²) in [6, 6.07) is 13.9. The van der Waals surface area contributed by atoms with E-state index in [1.54, 1.807) is 36.4 Å². The van der Waals surface area contributed by atoms with Gasteiger partial charge in [0.25, 0.3) is 5.91 Å². The van der Waals surface area contributed by atoms with Gasteiger partial charge >= 0.3 is 5.97 Å². The molecule has 0 saturated carbocycles. The Morgan fingerprint density at radius 1 is 1.17 bits per heavy atom. The van der Waals surface area contributed by atoms with Crippen molar-refractivity contribution in [3.63, 3.8) is 0 Å². The van der Waals surface area contributed by atoms with E-state index < -0.39 is 5.97 Å². The Balaban J connectivity index is 0.00000300. The first-order valence-electron chi connectivity index (χ1n) is 8.86. The Bertz CT molecular complexity index is 848. The molecule has 0 bridgehead atoms. The fourth-order valence-electron chi connectivity index (χ4n) is 3.04. The number of carboxylic acids is 1. The van der Waals surface area contributed by atoms with Gasteiger partial charge in [-0.2, -0.15) is 0 Å². The molecule has 1 atom stereocenters. The highest BCUT2D eigenvalue weighted by molar-refractivity contribution is 6.43. The van der Waals surface area contributed by atoms with Gasteiger partial charge in [-0.05, 0) is 29.8 Å². The van der Waals surface area contributed by atoms with Crippen LogP contribution in [0.1, 0.15) is 28.4 Å². The summed E-state index contributed by atoms with van der Waals surface area (Å²) in [6.45, 7) is 2.35. The second-order valence-electron chi connectivity index (χ2n) is 6.46. The summed E-state index contributed by atoms with van der Waals surface area (Å²) in [6.07, 6.45) is -0.0596. The molecule has 0 spiro atoms. The van der Waals surface area contributed by atoms with Crippen molar-refractivity contribution in [2.45, 2.75) is 12.5 Å². The van der Waals surface area contributed by atoms with Crippen LogP contribution in [0, 0.1) is 0 Å². The van der Waals surface area contributed by atoms with E-state index in [0.29, 0.717) is 42.5 Å². The average molecular weight is 460 g/mol. The number of anilines is 1. The number of carbonyl (C=O) groups excluding carboxylic acids is 1. The zero-order chi connectivity index (χ0) is 20.1. The molecule has 1 fully saturated rings. The van der Waals surface area contributed by atoms with Crippen LogP contribution >= 0.6 is 35.8 Å². The Kier molecular flexibility index (Phi) is 8.74. The molecule has 29 heavy (non-hydrogen) atoms. The van der Waals surface area contributed by atoms with E-state index in [-0.39, 0.29) is 30.8 Å². The van der Waals surface area contributed by atoms with E-state index in [9.17, 15) is 9.59 Å². The molecule has 2 aromatic rings. The molecule has 1 amide bonds. The van der Waals surface area contributed by atoms with E-state index in [0.717, 1.165) is 9.98 Å². The lowest BCUT2D eigenvalue weighted by Crippen LogP contribution is -2.39. The Labute approximate surface area is 185 Å². The van der Waals surface area contributed by atoms with Gasteiger partial charge in [-0.25, -0.2) is 4.42 Å². The molecule has 9 heteroatoms. The fraction of sp³-hybridized carbons (Fsp3) is 0.300. The number of nitrogens with zero attached hydrogens (tertiary/aromatic N) is 2. The number of hydrogen-bond acceptors (Lipinski definition) is 4. The zero-order valence-corrected chi connectivity index (χ0v) is 17.8. The Hall–Kier alpha value is -1.83. The first kappa shape index (κ1) is 23.4. The van der Waals surface area contributed by atoms with Crippen molar-refractivity contribution >= 4 is 53.3 Å². The van der Waals surface area contributed by atoms with Gasteiger partial charge in [0.15, 0.2) is 0 Å². The number of amides is 1. The summed E-state index contributed by atoms with van der Waals surface area (Å²) in [5.74, 6) is -1.19. The number of rotatable bonds is 6. The second-order valence-corrected chi connectivity index (χ2v) is 7.21. The van der Waals surface area contributed by atoms with Gasteiger partial charge in [0, 0.05) is 37.0 Å². The number of halogens is 3. The number of morpholine rings is 1. The van der Waals surface area contributed by atoms with Crippen LogP contribution in [-0.2, 0) is 9.53 Å². The quantitative estimate of drug-likeness (QED) is 0.648. The Morgan fingerprint density at radius 3 is 2.52 bits per heavy atom. The van der Waals surface area contributed by atoms with Crippen LogP contribution in [0.25, 0.3) is 0 Å². The van der Waals surface area contributed by atoms with Crippen LogP contribution in [0.5, 0.6) is 0 Å². The second kappa shape index (κ2) is 10.8. The van der Waals surface area contributed by atoms with Crippen LogP contribution in [0.3, 0.4) is 0 Å². The number of ether oxygens (including phenoxy) is 1. The minimum absolute atomic E-state index is 0. The molecule has 1 heterocycles. The molecule has 1 saturated heterocycles. The molecule has 156 valence electrons. The van der Waals surface area contributed by atoms with Gasteiger partial charge in [-0.15, -0.1) is 12.4 Å². The van der Waals surface area contributed by atoms with Gasteiger partial charge < -0.3 is 9.84 Å². The van der Waals surface area contributed by atoms with E-state index in [1.807, 2.05) is 12.1 Å². The summed E-state index contributed by atoms with van der Waals surface area (Å²) in [7, 11) is 0. The smallest absolute Gasteiger partial charge is 0.304 e. The predicted molar refractivity (Wildman–Crippen MR) is 115 cm³/mol. The summed E-state index contributed by atoms with van der Waals surface area (Å²) >= 11 is 12.3. The molecule has 1 N–H and O–H groups in total. The van der Waals surface area contributed by atoms with Crippen molar-refractivity contribution in [1.29, 1.82) is 0 Å². The normalized spacial score (nSPS) is 16.7. The number of carboxylic acid groups (broad SMARTS) is 1. The molecule has 0 radical (unpaired) electrons. The zero-order valence-electron chi connectivity index (χ0n) is 15.5. The molecule has 1 aliphatic heterocycles. The molecule has 3 rings (SSSR count). The molecule has 0 aliphatic carbocycles. The van der Waals surface area contributed by atoms with Gasteiger partial charge in [-0.1, -0.05) is 35.9 Å². The largest absolute Gasteiger partial charge is 0.481 e. The molecule has 0 aromatic heterocycles. The van der Waals surface area contributed by atoms with Crippen molar-refractivity contribution < 1.29 is 19.4 Å². The summed E-state index contributed by atoms with van der Waals surface area (Å²) in [5, 5.41) is 9.23. The maximum Gasteiger partial charge on any atom is 0.304 e. The van der Waals surface area contributed by atoms with E-state index in [2.05, 4.69) is 4.90 Å². The molecule has 6 nitrogen and oxygen atoms in total. The first-order valence-corrected chi connectivity index (χ1v) is 9.58. The number of aliphatic carboxylic acids is 1. The minimum Gasteiger partial charge on any atom is -0.481 e. The van der Waals surface area contributed by atoms with Gasteiger partial charge in [0.1, 0.15) is 0 Å². The van der Waals surface area contributed by atoms with Crippen LogP contribution in [0.2, 0.25) is 5.02 Å². The monoisotopic (exact) mass is 458 g/mol. The third-order valence-corrected chi connectivity index (χ3v) is 5.22. The van der Waals surface area contributed by atoms with E-state index in [1.165, 1.54) is 0 Å². The third kappa shape index (κ3) is 6.07. The van der Waals surface area contributed by atoms with Gasteiger partial charge in [0.2, 0.25) is 0 Å². The van der Waals surface area contributed by atoms with Crippen molar-refractivity contribution in [2.24, 2.45) is 0 Å². The molecule has 1 unspecified atom stereocenters. The van der Waals surface area contributed by atoms with Gasteiger partial charge in [0.05, 0.1) is 29.8 Å². The first-order chi connectivity index (χ1) is 13.5. The highest BCUT2D eigenvalue weighted by Crippen LogP contribution is 2.29. The summed E-state index contributed by atoms with van der Waals surface area (Å²) in [4.78, 5) is 25.5. The lowest BCUT2D eigenvalue weighted by Gasteiger charge is -2.32. The van der Waals surface area contributed by atoms with Crippen LogP contribution in [-0.4, -0.2) is 48.1 Å². The number of para-hydroxylation sites is 1. The molecular weight excluding hydrogens is 439 g/mol. The van der Waals surface area contributed by atoms with Crippen molar-refractivity contribution in [3.8, 4) is 0 Å². The highest BCUT2D eigenvalue weighted by atomic mass is 35.5. The predicted octanol–water partition coefficient (Wildman–Crippen LogP) is 4.41. The SMILES string of the molecule is Cl.O=C(O)CCN1CCOC(c2ccc(C(=O)N(Cl)c3ccccc3Cl)cc2)C1. The summed E-state index contributed by atoms with van der Waals surface area (Å²) in [5.41, 5.74) is 1.78. The lowest BCUT2D eigenvalue weighted by atomic mass is 10.0. The fourth-order valence-corrected chi connectivity index (χ4v) is 3.54.